The van der Waals surface area contributed by atoms with E-state index in [2.05, 4.69) is 19.3 Å². The van der Waals surface area contributed by atoms with Crippen molar-refractivity contribution in [2.24, 2.45) is 11.8 Å². The Labute approximate surface area is 98.8 Å². The highest BCUT2D eigenvalue weighted by Crippen LogP contribution is 2.24. The minimum Gasteiger partial charge on any atom is -0.381 e. The lowest BCUT2D eigenvalue weighted by Crippen LogP contribution is -2.44. The molecule has 16 heavy (non-hydrogen) atoms. The van der Waals surface area contributed by atoms with E-state index in [9.17, 15) is 0 Å². The maximum Gasteiger partial charge on any atom is 0.0623 e. The van der Waals surface area contributed by atoms with Gasteiger partial charge in [0.2, 0.25) is 0 Å². The Kier molecular flexibility index (Phi) is 5.69. The number of hydrazine groups is 1. The zero-order valence-electron chi connectivity index (χ0n) is 10.8. The molecule has 1 saturated heterocycles. The Bertz CT molecular complexity index is 191. The van der Waals surface area contributed by atoms with Crippen molar-refractivity contribution in [1.82, 2.24) is 5.43 Å². The molecule has 0 bridgehead atoms. The molecule has 3 N–H and O–H groups in total. The van der Waals surface area contributed by atoms with Gasteiger partial charge in [0.05, 0.1) is 5.60 Å². The van der Waals surface area contributed by atoms with Crippen LogP contribution in [0, 0.1) is 5.92 Å². The van der Waals surface area contributed by atoms with Crippen LogP contribution in [-0.4, -0.2) is 32.0 Å². The molecule has 1 aliphatic rings. The lowest BCUT2D eigenvalue weighted by molar-refractivity contribution is 0.00536. The molecule has 0 aliphatic carbocycles. The predicted octanol–water partition coefficient (Wildman–Crippen LogP) is 1.45. The molecule has 0 radical (unpaired) electrons. The summed E-state index contributed by atoms with van der Waals surface area (Å²) < 4.78 is 10.8. The van der Waals surface area contributed by atoms with Crippen LogP contribution in [0.3, 0.4) is 0 Å². The monoisotopic (exact) mass is 230 g/mol. The molecule has 0 aromatic carbocycles. The summed E-state index contributed by atoms with van der Waals surface area (Å²) in [4.78, 5) is 0. The van der Waals surface area contributed by atoms with Crippen molar-refractivity contribution in [2.45, 2.75) is 51.2 Å². The molecule has 0 aromatic rings. The van der Waals surface area contributed by atoms with Crippen LogP contribution in [0.5, 0.6) is 0 Å². The van der Waals surface area contributed by atoms with E-state index in [1.807, 2.05) is 0 Å². The van der Waals surface area contributed by atoms with Crippen LogP contribution in [-0.2, 0) is 9.47 Å². The SMILES string of the molecule is COC(C)(C)CCC(NN)C1CCOCC1. The Morgan fingerprint density at radius 3 is 2.56 bits per heavy atom. The van der Waals surface area contributed by atoms with E-state index in [1.54, 1.807) is 7.11 Å². The Hall–Kier alpha value is -0.160. The fourth-order valence-electron chi connectivity index (χ4n) is 2.18. The van der Waals surface area contributed by atoms with E-state index in [0.717, 1.165) is 38.9 Å². The number of hydrogen-bond donors (Lipinski definition) is 2. The lowest BCUT2D eigenvalue weighted by Gasteiger charge is -2.32. The minimum absolute atomic E-state index is 0.0553. The second-order valence-electron chi connectivity index (χ2n) is 5.23. The van der Waals surface area contributed by atoms with Crippen molar-refractivity contribution in [2.75, 3.05) is 20.3 Å². The van der Waals surface area contributed by atoms with Crippen LogP contribution < -0.4 is 11.3 Å². The third-order valence-electron chi connectivity index (χ3n) is 3.66. The van der Waals surface area contributed by atoms with Gasteiger partial charge in [-0.05, 0) is 45.4 Å². The molecule has 4 nitrogen and oxygen atoms in total. The van der Waals surface area contributed by atoms with Crippen LogP contribution in [0.15, 0.2) is 0 Å². The van der Waals surface area contributed by atoms with Gasteiger partial charge >= 0.3 is 0 Å². The minimum atomic E-state index is -0.0553. The van der Waals surface area contributed by atoms with Gasteiger partial charge in [0.1, 0.15) is 0 Å². The summed E-state index contributed by atoms with van der Waals surface area (Å²) in [5, 5.41) is 0. The second kappa shape index (κ2) is 6.55. The molecular weight excluding hydrogens is 204 g/mol. The molecule has 1 aliphatic heterocycles. The Morgan fingerprint density at radius 2 is 2.06 bits per heavy atom. The van der Waals surface area contributed by atoms with Gasteiger partial charge in [0.15, 0.2) is 0 Å². The van der Waals surface area contributed by atoms with Gasteiger partial charge in [-0.15, -0.1) is 0 Å². The quantitative estimate of drug-likeness (QED) is 0.535. The zero-order valence-corrected chi connectivity index (χ0v) is 10.8. The number of ether oxygens (including phenoxy) is 2. The van der Waals surface area contributed by atoms with Gasteiger partial charge in [0, 0.05) is 26.4 Å². The first-order chi connectivity index (χ1) is 7.59. The molecule has 1 heterocycles. The predicted molar refractivity (Wildman–Crippen MR) is 65.0 cm³/mol. The summed E-state index contributed by atoms with van der Waals surface area (Å²) in [6.07, 6.45) is 4.31. The fourth-order valence-corrected chi connectivity index (χ4v) is 2.18. The summed E-state index contributed by atoms with van der Waals surface area (Å²) in [6.45, 7) is 5.97. The van der Waals surface area contributed by atoms with Crippen molar-refractivity contribution in [3.05, 3.63) is 0 Å². The van der Waals surface area contributed by atoms with Gasteiger partial charge in [-0.3, -0.25) is 11.3 Å². The van der Waals surface area contributed by atoms with Crippen molar-refractivity contribution in [3.63, 3.8) is 0 Å². The van der Waals surface area contributed by atoms with Crippen molar-refractivity contribution in [3.8, 4) is 0 Å². The highest BCUT2D eigenvalue weighted by atomic mass is 16.5. The normalized spacial score (nSPS) is 21.0. The summed E-state index contributed by atoms with van der Waals surface area (Å²) >= 11 is 0. The Balaban J connectivity index is 2.36. The van der Waals surface area contributed by atoms with Gasteiger partial charge < -0.3 is 9.47 Å². The van der Waals surface area contributed by atoms with Gasteiger partial charge in [-0.2, -0.15) is 0 Å². The third-order valence-corrected chi connectivity index (χ3v) is 3.66. The summed E-state index contributed by atoms with van der Waals surface area (Å²) in [5.74, 6) is 6.29. The topological polar surface area (TPSA) is 56.5 Å². The molecule has 0 spiro atoms. The summed E-state index contributed by atoms with van der Waals surface area (Å²) in [5.41, 5.74) is 2.90. The van der Waals surface area contributed by atoms with Gasteiger partial charge in [-0.1, -0.05) is 0 Å². The van der Waals surface area contributed by atoms with Crippen LogP contribution in [0.4, 0.5) is 0 Å². The van der Waals surface area contributed by atoms with Crippen molar-refractivity contribution in [1.29, 1.82) is 0 Å². The fraction of sp³-hybridized carbons (Fsp3) is 1.00. The molecule has 0 aromatic heterocycles. The van der Waals surface area contributed by atoms with Gasteiger partial charge in [0.25, 0.3) is 0 Å². The highest BCUT2D eigenvalue weighted by molar-refractivity contribution is 4.80. The molecule has 96 valence electrons. The molecule has 1 atom stereocenters. The number of methoxy groups -OCH3 is 1. The van der Waals surface area contributed by atoms with Crippen molar-refractivity contribution < 1.29 is 9.47 Å². The smallest absolute Gasteiger partial charge is 0.0623 e. The first kappa shape index (κ1) is 13.9. The second-order valence-corrected chi connectivity index (χ2v) is 5.23. The summed E-state index contributed by atoms with van der Waals surface area (Å²) in [7, 11) is 1.76. The van der Waals surface area contributed by atoms with E-state index >= 15 is 0 Å². The molecular formula is C12H26N2O2. The van der Waals surface area contributed by atoms with E-state index in [0.29, 0.717) is 12.0 Å². The van der Waals surface area contributed by atoms with E-state index in [1.165, 1.54) is 0 Å². The molecule has 1 rings (SSSR count). The molecule has 1 fully saturated rings. The summed E-state index contributed by atoms with van der Waals surface area (Å²) in [6, 6.07) is 0.387. The molecule has 4 heteroatoms. The van der Waals surface area contributed by atoms with Crippen LogP contribution in [0.25, 0.3) is 0 Å². The highest BCUT2D eigenvalue weighted by Gasteiger charge is 2.25. The Morgan fingerprint density at radius 1 is 1.44 bits per heavy atom. The number of rotatable bonds is 6. The van der Waals surface area contributed by atoms with Crippen LogP contribution >= 0.6 is 0 Å². The maximum absolute atomic E-state index is 5.64. The average Bonchev–Trinajstić information content (AvgIpc) is 2.31. The molecule has 1 unspecified atom stereocenters. The average molecular weight is 230 g/mol. The zero-order chi connectivity index (χ0) is 12.0. The third kappa shape index (κ3) is 4.37. The maximum atomic E-state index is 5.64. The van der Waals surface area contributed by atoms with E-state index < -0.39 is 0 Å². The van der Waals surface area contributed by atoms with Gasteiger partial charge in [-0.25, -0.2) is 0 Å². The molecule has 0 saturated carbocycles. The molecule has 0 amide bonds. The largest absolute Gasteiger partial charge is 0.381 e. The van der Waals surface area contributed by atoms with E-state index in [-0.39, 0.29) is 5.60 Å². The first-order valence-corrected chi connectivity index (χ1v) is 6.18. The van der Waals surface area contributed by atoms with Crippen LogP contribution in [0.2, 0.25) is 0 Å². The lowest BCUT2D eigenvalue weighted by atomic mass is 9.87. The van der Waals surface area contributed by atoms with Crippen LogP contribution in [0.1, 0.15) is 39.5 Å². The van der Waals surface area contributed by atoms with E-state index in [4.69, 9.17) is 15.3 Å². The number of nitrogens with two attached hydrogens (primary N) is 1. The van der Waals surface area contributed by atoms with Crippen molar-refractivity contribution >= 4 is 0 Å². The number of hydrogen-bond acceptors (Lipinski definition) is 4. The first-order valence-electron chi connectivity index (χ1n) is 6.18. The standard InChI is InChI=1S/C12H26N2O2/c1-12(2,15-3)7-4-11(14-13)10-5-8-16-9-6-10/h10-11,14H,4-9,13H2,1-3H3. The number of nitrogens with one attached hydrogen (secondary N) is 1.